The Bertz CT molecular complexity index is 470. The van der Waals surface area contributed by atoms with Gasteiger partial charge in [-0.2, -0.15) is 8.78 Å². The van der Waals surface area contributed by atoms with Gasteiger partial charge in [-0.1, -0.05) is 6.92 Å². The van der Waals surface area contributed by atoms with Crippen molar-refractivity contribution >= 4 is 11.6 Å². The number of methoxy groups -OCH3 is 1. The molecular weight excluding hydrogens is 282 g/mol. The van der Waals surface area contributed by atoms with E-state index >= 15 is 0 Å². The highest BCUT2D eigenvalue weighted by molar-refractivity contribution is 5.92. The number of halogens is 2. The first-order valence-electron chi connectivity index (χ1n) is 6.59. The fourth-order valence-electron chi connectivity index (χ4n) is 1.64. The van der Waals surface area contributed by atoms with Gasteiger partial charge in [0.05, 0.1) is 12.8 Å². The zero-order chi connectivity index (χ0) is 15.8. The second-order valence-electron chi connectivity index (χ2n) is 4.67. The maximum atomic E-state index is 12.3. The van der Waals surface area contributed by atoms with E-state index in [9.17, 15) is 13.6 Å². The molecule has 21 heavy (non-hydrogen) atoms. The van der Waals surface area contributed by atoms with Crippen molar-refractivity contribution in [1.82, 2.24) is 0 Å². The first-order valence-corrected chi connectivity index (χ1v) is 6.59. The second kappa shape index (κ2) is 8.41. The van der Waals surface area contributed by atoms with Crippen LogP contribution >= 0.6 is 0 Å². The number of anilines is 1. The van der Waals surface area contributed by atoms with Crippen molar-refractivity contribution in [2.24, 2.45) is 11.7 Å². The monoisotopic (exact) mass is 302 g/mol. The quantitative estimate of drug-likeness (QED) is 0.774. The van der Waals surface area contributed by atoms with Crippen LogP contribution in [0.5, 0.6) is 11.5 Å². The number of rotatable bonds is 8. The van der Waals surface area contributed by atoms with Gasteiger partial charge in [-0.05, 0) is 31.0 Å². The van der Waals surface area contributed by atoms with Gasteiger partial charge in [0.15, 0.2) is 0 Å². The van der Waals surface area contributed by atoms with Gasteiger partial charge >= 0.3 is 6.61 Å². The first-order chi connectivity index (χ1) is 9.96. The number of ether oxygens (including phenoxy) is 2. The summed E-state index contributed by atoms with van der Waals surface area (Å²) in [5.74, 6) is 0.258. The average Bonchev–Trinajstić information content (AvgIpc) is 2.46. The number of nitrogens with two attached hydrogens (primary N) is 1. The molecule has 0 fully saturated rings. The van der Waals surface area contributed by atoms with E-state index in [0.717, 1.165) is 0 Å². The van der Waals surface area contributed by atoms with Gasteiger partial charge in [-0.15, -0.1) is 0 Å². The van der Waals surface area contributed by atoms with E-state index < -0.39 is 6.61 Å². The maximum absolute atomic E-state index is 12.3. The lowest BCUT2D eigenvalue weighted by Crippen LogP contribution is -2.17. The molecule has 1 unspecified atom stereocenters. The van der Waals surface area contributed by atoms with Gasteiger partial charge in [-0.3, -0.25) is 4.79 Å². The molecule has 3 N–H and O–H groups in total. The van der Waals surface area contributed by atoms with E-state index in [-0.39, 0.29) is 29.7 Å². The predicted molar refractivity (Wildman–Crippen MR) is 75.7 cm³/mol. The van der Waals surface area contributed by atoms with Crippen LogP contribution in [0.4, 0.5) is 14.5 Å². The zero-order valence-electron chi connectivity index (χ0n) is 12.1. The van der Waals surface area contributed by atoms with Crippen molar-refractivity contribution in [2.75, 3.05) is 19.0 Å². The smallest absolute Gasteiger partial charge is 0.387 e. The molecule has 0 aliphatic rings. The van der Waals surface area contributed by atoms with E-state index in [1.807, 2.05) is 6.92 Å². The molecule has 1 rings (SSSR count). The molecule has 7 heteroatoms. The van der Waals surface area contributed by atoms with Gasteiger partial charge in [0.2, 0.25) is 5.91 Å². The molecule has 0 aromatic heterocycles. The minimum absolute atomic E-state index is 0.106. The van der Waals surface area contributed by atoms with Crippen LogP contribution in [0, 0.1) is 5.92 Å². The summed E-state index contributed by atoms with van der Waals surface area (Å²) in [5, 5.41) is 2.55. The van der Waals surface area contributed by atoms with Crippen molar-refractivity contribution in [3.63, 3.8) is 0 Å². The Morgan fingerprint density at radius 1 is 1.43 bits per heavy atom. The van der Waals surface area contributed by atoms with Crippen LogP contribution < -0.4 is 20.5 Å². The largest absolute Gasteiger partial charge is 0.497 e. The van der Waals surface area contributed by atoms with Crippen LogP contribution in [0.15, 0.2) is 18.2 Å². The third-order valence-electron chi connectivity index (χ3n) is 2.94. The van der Waals surface area contributed by atoms with Gasteiger partial charge in [0.25, 0.3) is 0 Å². The van der Waals surface area contributed by atoms with E-state index in [4.69, 9.17) is 10.5 Å². The lowest BCUT2D eigenvalue weighted by atomic mass is 10.1. The average molecular weight is 302 g/mol. The summed E-state index contributed by atoms with van der Waals surface area (Å²) in [4.78, 5) is 11.8. The van der Waals surface area contributed by atoms with Gasteiger partial charge in [0, 0.05) is 12.5 Å². The fraction of sp³-hybridized carbons (Fsp3) is 0.500. The van der Waals surface area contributed by atoms with E-state index in [1.165, 1.54) is 25.3 Å². The zero-order valence-corrected chi connectivity index (χ0v) is 12.1. The molecular formula is C14H20F2N2O3. The van der Waals surface area contributed by atoms with Crippen LogP contribution in [0.3, 0.4) is 0 Å². The molecule has 1 aromatic rings. The summed E-state index contributed by atoms with van der Waals surface area (Å²) in [6.45, 7) is -0.539. The number of hydrogen-bond donors (Lipinski definition) is 2. The normalized spacial score (nSPS) is 12.1. The summed E-state index contributed by atoms with van der Waals surface area (Å²) >= 11 is 0. The SMILES string of the molecule is COc1ccc(OC(F)F)c(NC(=O)CCC(C)CN)c1. The van der Waals surface area contributed by atoms with Crippen molar-refractivity contribution in [3.05, 3.63) is 18.2 Å². The van der Waals surface area contributed by atoms with Gasteiger partial charge < -0.3 is 20.5 Å². The Hall–Kier alpha value is -1.89. The topological polar surface area (TPSA) is 73.6 Å². The van der Waals surface area contributed by atoms with E-state index in [1.54, 1.807) is 0 Å². The highest BCUT2D eigenvalue weighted by Crippen LogP contribution is 2.30. The third kappa shape index (κ3) is 5.95. The summed E-state index contributed by atoms with van der Waals surface area (Å²) in [6.07, 6.45) is 0.876. The standard InChI is InChI=1S/C14H20F2N2O3/c1-9(8-17)3-6-13(19)18-11-7-10(20-2)4-5-12(11)21-14(15)16/h4-5,7,9,14H,3,6,8,17H2,1-2H3,(H,18,19). The predicted octanol–water partition coefficient (Wildman–Crippen LogP) is 2.61. The summed E-state index contributed by atoms with van der Waals surface area (Å²) in [6, 6.07) is 4.23. The highest BCUT2D eigenvalue weighted by Gasteiger charge is 2.14. The Kier molecular flexibility index (Phi) is 6.87. The van der Waals surface area contributed by atoms with Gasteiger partial charge in [0.1, 0.15) is 11.5 Å². The molecule has 0 bridgehead atoms. The lowest BCUT2D eigenvalue weighted by Gasteiger charge is -2.14. The summed E-state index contributed by atoms with van der Waals surface area (Å²) in [5.41, 5.74) is 5.63. The maximum Gasteiger partial charge on any atom is 0.387 e. The van der Waals surface area contributed by atoms with Crippen molar-refractivity contribution in [1.29, 1.82) is 0 Å². The van der Waals surface area contributed by atoms with Crippen molar-refractivity contribution in [2.45, 2.75) is 26.4 Å². The Balaban J connectivity index is 2.76. The fourth-order valence-corrected chi connectivity index (χ4v) is 1.64. The van der Waals surface area contributed by atoms with Crippen LogP contribution in [0.2, 0.25) is 0 Å². The molecule has 0 aliphatic carbocycles. The first kappa shape index (κ1) is 17.2. The number of alkyl halides is 2. The number of amides is 1. The molecule has 1 amide bonds. The number of nitrogens with one attached hydrogen (secondary N) is 1. The Morgan fingerprint density at radius 3 is 2.71 bits per heavy atom. The van der Waals surface area contributed by atoms with Crippen molar-refractivity contribution in [3.8, 4) is 11.5 Å². The lowest BCUT2D eigenvalue weighted by molar-refractivity contribution is -0.116. The minimum Gasteiger partial charge on any atom is -0.497 e. The number of carbonyl (C=O) groups is 1. The molecule has 1 atom stereocenters. The summed E-state index contributed by atoms with van der Waals surface area (Å²) < 4.78 is 34.1. The summed E-state index contributed by atoms with van der Waals surface area (Å²) in [7, 11) is 1.44. The number of hydrogen-bond acceptors (Lipinski definition) is 4. The van der Waals surface area contributed by atoms with Crippen LogP contribution in [-0.4, -0.2) is 26.2 Å². The van der Waals surface area contributed by atoms with E-state index in [2.05, 4.69) is 10.1 Å². The molecule has 1 aromatic carbocycles. The minimum atomic E-state index is -2.97. The molecule has 0 saturated heterocycles. The highest BCUT2D eigenvalue weighted by atomic mass is 19.3. The Morgan fingerprint density at radius 2 is 2.14 bits per heavy atom. The molecule has 0 aliphatic heterocycles. The molecule has 118 valence electrons. The third-order valence-corrected chi connectivity index (χ3v) is 2.94. The van der Waals surface area contributed by atoms with Gasteiger partial charge in [-0.25, -0.2) is 0 Å². The van der Waals surface area contributed by atoms with Crippen LogP contribution in [-0.2, 0) is 4.79 Å². The molecule has 0 saturated carbocycles. The molecule has 5 nitrogen and oxygen atoms in total. The number of carbonyl (C=O) groups excluding carboxylic acids is 1. The Labute approximate surface area is 122 Å². The molecule has 0 spiro atoms. The van der Waals surface area contributed by atoms with E-state index in [0.29, 0.717) is 18.7 Å². The molecule has 0 radical (unpaired) electrons. The second-order valence-corrected chi connectivity index (χ2v) is 4.67. The van der Waals surface area contributed by atoms with Crippen LogP contribution in [0.1, 0.15) is 19.8 Å². The molecule has 0 heterocycles. The van der Waals surface area contributed by atoms with Crippen LogP contribution in [0.25, 0.3) is 0 Å². The van der Waals surface area contributed by atoms with Crippen molar-refractivity contribution < 1.29 is 23.0 Å². The number of benzene rings is 1.